The lowest BCUT2D eigenvalue weighted by Crippen LogP contribution is -2.32. The highest BCUT2D eigenvalue weighted by Gasteiger charge is 2.19. The fraction of sp³-hybridized carbons (Fsp3) is 0.615. The summed E-state index contributed by atoms with van der Waals surface area (Å²) in [6, 6.07) is 1.57. The average Bonchev–Trinajstić information content (AvgIpc) is 2.95. The normalized spacial score (nSPS) is 22.0. The third-order valence-electron chi connectivity index (χ3n) is 3.49. The molecule has 1 aliphatic rings. The highest BCUT2D eigenvalue weighted by molar-refractivity contribution is 7.13. The van der Waals surface area contributed by atoms with Crippen molar-refractivity contribution < 1.29 is 14.5 Å². The Kier molecular flexibility index (Phi) is 5.66. The van der Waals surface area contributed by atoms with Crippen molar-refractivity contribution in [1.29, 1.82) is 0 Å². The lowest BCUT2D eigenvalue weighted by molar-refractivity contribution is -0.380. The van der Waals surface area contributed by atoms with Gasteiger partial charge in [0.05, 0.1) is 23.2 Å². The van der Waals surface area contributed by atoms with Crippen LogP contribution in [0, 0.1) is 10.1 Å². The Morgan fingerprint density at radius 2 is 2.19 bits per heavy atom. The van der Waals surface area contributed by atoms with Crippen LogP contribution in [0.3, 0.4) is 0 Å². The van der Waals surface area contributed by atoms with Crippen molar-refractivity contribution in [1.82, 2.24) is 5.32 Å². The number of nitro groups is 1. The number of hydrogen-bond acceptors (Lipinski definition) is 6. The van der Waals surface area contributed by atoms with E-state index < -0.39 is 4.92 Å². The molecule has 1 saturated carbocycles. The van der Waals surface area contributed by atoms with Gasteiger partial charge in [-0.2, -0.15) is 0 Å². The molecule has 1 fully saturated rings. The SMILES string of the molecule is NC1CCC(OCCNC(=O)c2csc([N+](=O)[O-])c2)CC1. The molecule has 2 rings (SSSR count). The first-order valence-corrected chi connectivity index (χ1v) is 7.82. The molecule has 3 N–H and O–H groups in total. The highest BCUT2D eigenvalue weighted by atomic mass is 32.1. The van der Waals surface area contributed by atoms with E-state index >= 15 is 0 Å². The van der Waals surface area contributed by atoms with E-state index in [1.165, 1.54) is 11.4 Å². The van der Waals surface area contributed by atoms with Crippen LogP contribution in [0.2, 0.25) is 0 Å². The molecular formula is C13H19N3O4S. The Hall–Kier alpha value is -1.51. The molecule has 0 bridgehead atoms. The predicted molar refractivity (Wildman–Crippen MR) is 79.5 cm³/mol. The molecule has 116 valence electrons. The van der Waals surface area contributed by atoms with Gasteiger partial charge in [-0.25, -0.2) is 0 Å². The number of hydrogen-bond donors (Lipinski definition) is 2. The van der Waals surface area contributed by atoms with Gasteiger partial charge in [0.15, 0.2) is 0 Å². The van der Waals surface area contributed by atoms with E-state index in [0.717, 1.165) is 37.0 Å². The first-order valence-electron chi connectivity index (χ1n) is 6.94. The Morgan fingerprint density at radius 3 is 2.81 bits per heavy atom. The third kappa shape index (κ3) is 4.76. The lowest BCUT2D eigenvalue weighted by Gasteiger charge is -2.26. The third-order valence-corrected chi connectivity index (χ3v) is 4.37. The van der Waals surface area contributed by atoms with E-state index in [9.17, 15) is 14.9 Å². The second-order valence-electron chi connectivity index (χ2n) is 5.09. The molecule has 0 unspecified atom stereocenters. The Balaban J connectivity index is 1.66. The molecule has 21 heavy (non-hydrogen) atoms. The zero-order valence-corrected chi connectivity index (χ0v) is 12.4. The molecule has 7 nitrogen and oxygen atoms in total. The van der Waals surface area contributed by atoms with E-state index in [-0.39, 0.29) is 17.0 Å². The molecule has 0 aromatic carbocycles. The number of ether oxygens (including phenoxy) is 1. The maximum atomic E-state index is 11.8. The van der Waals surface area contributed by atoms with Crippen LogP contribution in [0.15, 0.2) is 11.4 Å². The van der Waals surface area contributed by atoms with Crippen molar-refractivity contribution >= 4 is 22.2 Å². The van der Waals surface area contributed by atoms with Gasteiger partial charge >= 0.3 is 5.00 Å². The Morgan fingerprint density at radius 1 is 1.48 bits per heavy atom. The number of carbonyl (C=O) groups is 1. The smallest absolute Gasteiger partial charge is 0.324 e. The summed E-state index contributed by atoms with van der Waals surface area (Å²) in [5, 5.41) is 14.7. The fourth-order valence-corrected chi connectivity index (χ4v) is 2.99. The van der Waals surface area contributed by atoms with Crippen molar-refractivity contribution in [3.8, 4) is 0 Å². The topological polar surface area (TPSA) is 107 Å². The summed E-state index contributed by atoms with van der Waals surface area (Å²) in [5.41, 5.74) is 6.13. The first-order chi connectivity index (χ1) is 10.1. The standard InChI is InChI=1S/C13H19N3O4S/c14-10-1-3-11(4-2-10)20-6-5-15-13(17)9-7-12(16(18)19)21-8-9/h7-8,10-11H,1-6,14H2,(H,15,17). The molecular weight excluding hydrogens is 294 g/mol. The monoisotopic (exact) mass is 313 g/mol. The fourth-order valence-electron chi connectivity index (χ4n) is 2.29. The molecule has 0 aliphatic heterocycles. The van der Waals surface area contributed by atoms with Crippen LogP contribution in [-0.2, 0) is 4.74 Å². The van der Waals surface area contributed by atoms with Crippen LogP contribution in [0.1, 0.15) is 36.0 Å². The minimum Gasteiger partial charge on any atom is -0.376 e. The summed E-state index contributed by atoms with van der Waals surface area (Å²) in [7, 11) is 0. The van der Waals surface area contributed by atoms with Gasteiger partial charge in [-0.15, -0.1) is 0 Å². The van der Waals surface area contributed by atoms with Gasteiger partial charge in [-0.05, 0) is 25.7 Å². The summed E-state index contributed by atoms with van der Waals surface area (Å²) < 4.78 is 5.69. The van der Waals surface area contributed by atoms with Crippen LogP contribution in [0.25, 0.3) is 0 Å². The van der Waals surface area contributed by atoms with Gasteiger partial charge in [-0.3, -0.25) is 14.9 Å². The minimum absolute atomic E-state index is 0.0325. The van der Waals surface area contributed by atoms with E-state index in [1.807, 2.05) is 0 Å². The zero-order chi connectivity index (χ0) is 15.2. The van der Waals surface area contributed by atoms with Crippen molar-refractivity contribution in [2.24, 2.45) is 5.73 Å². The molecule has 0 spiro atoms. The maximum Gasteiger partial charge on any atom is 0.324 e. The number of amides is 1. The van der Waals surface area contributed by atoms with Gasteiger partial charge in [0.1, 0.15) is 0 Å². The van der Waals surface area contributed by atoms with Gasteiger partial charge < -0.3 is 15.8 Å². The average molecular weight is 313 g/mol. The Bertz CT molecular complexity index is 497. The van der Waals surface area contributed by atoms with Crippen LogP contribution in [0.4, 0.5) is 5.00 Å². The van der Waals surface area contributed by atoms with Crippen LogP contribution < -0.4 is 11.1 Å². The molecule has 1 aliphatic carbocycles. The van der Waals surface area contributed by atoms with Crippen LogP contribution >= 0.6 is 11.3 Å². The second kappa shape index (κ2) is 7.48. The Labute approximate surface area is 126 Å². The zero-order valence-electron chi connectivity index (χ0n) is 11.6. The minimum atomic E-state index is -0.502. The van der Waals surface area contributed by atoms with E-state index in [2.05, 4.69) is 5.32 Å². The summed E-state index contributed by atoms with van der Waals surface area (Å²) in [4.78, 5) is 21.8. The van der Waals surface area contributed by atoms with Crippen molar-refractivity contribution in [3.05, 3.63) is 27.1 Å². The van der Waals surface area contributed by atoms with Crippen molar-refractivity contribution in [3.63, 3.8) is 0 Å². The van der Waals surface area contributed by atoms with Crippen molar-refractivity contribution in [2.75, 3.05) is 13.2 Å². The van der Waals surface area contributed by atoms with Gasteiger partial charge in [0.2, 0.25) is 0 Å². The summed E-state index contributed by atoms with van der Waals surface area (Å²) in [5.74, 6) is -0.311. The lowest BCUT2D eigenvalue weighted by atomic mass is 9.94. The van der Waals surface area contributed by atoms with Gasteiger partial charge in [0.25, 0.3) is 5.91 Å². The predicted octanol–water partition coefficient (Wildman–Crippen LogP) is 1.67. The highest BCUT2D eigenvalue weighted by Crippen LogP contribution is 2.22. The van der Waals surface area contributed by atoms with Gasteiger partial charge in [0, 0.05) is 24.0 Å². The molecule has 1 heterocycles. The molecule has 1 aromatic rings. The number of nitrogens with two attached hydrogens (primary N) is 1. The molecule has 0 radical (unpaired) electrons. The van der Waals surface area contributed by atoms with E-state index in [4.69, 9.17) is 10.5 Å². The van der Waals surface area contributed by atoms with Crippen LogP contribution in [-0.4, -0.2) is 36.1 Å². The second-order valence-corrected chi connectivity index (χ2v) is 5.98. The number of thiophene rings is 1. The molecule has 0 atom stereocenters. The first kappa shape index (κ1) is 15.9. The van der Waals surface area contributed by atoms with Gasteiger partial charge in [-0.1, -0.05) is 11.3 Å². The largest absolute Gasteiger partial charge is 0.376 e. The van der Waals surface area contributed by atoms with Crippen LogP contribution in [0.5, 0.6) is 0 Å². The maximum absolute atomic E-state index is 11.8. The summed E-state index contributed by atoms with van der Waals surface area (Å²) in [6.45, 7) is 0.836. The summed E-state index contributed by atoms with van der Waals surface area (Å²) in [6.07, 6.45) is 4.12. The van der Waals surface area contributed by atoms with E-state index in [1.54, 1.807) is 0 Å². The molecule has 0 saturated heterocycles. The molecule has 1 aromatic heterocycles. The quantitative estimate of drug-likeness (QED) is 0.472. The summed E-state index contributed by atoms with van der Waals surface area (Å²) >= 11 is 0.945. The number of carbonyl (C=O) groups excluding carboxylic acids is 1. The molecule has 1 amide bonds. The molecule has 8 heteroatoms. The van der Waals surface area contributed by atoms with E-state index in [0.29, 0.717) is 24.8 Å². The number of nitrogens with zero attached hydrogens (tertiary/aromatic N) is 1. The number of nitrogens with one attached hydrogen (secondary N) is 1. The number of rotatable bonds is 6. The van der Waals surface area contributed by atoms with Crippen molar-refractivity contribution in [2.45, 2.75) is 37.8 Å².